The quantitative estimate of drug-likeness (QED) is 0.0449. The third-order valence-corrected chi connectivity index (χ3v) is 8.43. The summed E-state index contributed by atoms with van der Waals surface area (Å²) in [5, 5.41) is 9.65. The molecule has 0 fully saturated rings. The number of unbranched alkanes of at least 4 members (excludes halogenated alkanes) is 20. The van der Waals surface area contributed by atoms with Gasteiger partial charge in [-0.2, -0.15) is 0 Å². The van der Waals surface area contributed by atoms with Gasteiger partial charge in [-0.1, -0.05) is 142 Å². The molecule has 9 heteroatoms. The van der Waals surface area contributed by atoms with E-state index in [0.29, 0.717) is 12.8 Å². The first-order valence-corrected chi connectivity index (χ1v) is 18.0. The Morgan fingerprint density at radius 1 is 0.550 bits per heavy atom. The monoisotopic (exact) mass is 592 g/mol. The van der Waals surface area contributed by atoms with Crippen molar-refractivity contribution in [2.75, 3.05) is 6.61 Å². The molecular weight excluding hydrogens is 531 g/mol. The number of aliphatic hydroxyl groups excluding tert-OH is 1. The number of hydrogen-bond acceptors (Lipinski definition) is 6. The van der Waals surface area contributed by atoms with Gasteiger partial charge in [-0.05, 0) is 12.8 Å². The van der Waals surface area contributed by atoms with Crippen LogP contribution in [-0.4, -0.2) is 45.4 Å². The minimum Gasteiger partial charge on any atom is -0.455 e. The Kier molecular flexibility index (Phi) is 26.3. The Morgan fingerprint density at radius 3 is 1.15 bits per heavy atom. The fourth-order valence-electron chi connectivity index (χ4n) is 4.84. The highest BCUT2D eigenvalue weighted by atomic mass is 31.2. The maximum Gasteiger partial charge on any atom is 0.369 e. The zero-order valence-corrected chi connectivity index (χ0v) is 26.6. The molecule has 0 amide bonds. The molecule has 3 N–H and O–H groups in total. The summed E-state index contributed by atoms with van der Waals surface area (Å²) in [7, 11) is -4.96. The standard InChI is InChI=1S/C31H61O8P/c1-3-5-7-9-11-13-15-17-19-21-23-25-29(33)38-28(27-32)31(40(35,36)37)39-30(34)26-24-22-20-18-16-14-12-10-8-6-4-2/h28,31-32H,3-27H2,1-2H3,(H2,35,36,37). The fraction of sp³-hybridized carbons (Fsp3) is 0.935. The first kappa shape index (κ1) is 39.0. The molecule has 2 unspecified atom stereocenters. The molecule has 0 aliphatic carbocycles. The molecule has 2 atom stereocenters. The first-order valence-electron chi connectivity index (χ1n) is 16.3. The van der Waals surface area contributed by atoms with Gasteiger partial charge in [0.2, 0.25) is 5.85 Å². The van der Waals surface area contributed by atoms with E-state index in [1.54, 1.807) is 0 Å². The Labute approximate surface area is 244 Å². The van der Waals surface area contributed by atoms with Crippen molar-refractivity contribution in [3.63, 3.8) is 0 Å². The Hall–Kier alpha value is -0.950. The predicted octanol–water partition coefficient (Wildman–Crippen LogP) is 8.34. The molecule has 40 heavy (non-hydrogen) atoms. The minimum atomic E-state index is -4.96. The van der Waals surface area contributed by atoms with Crippen molar-refractivity contribution in [2.45, 2.75) is 180 Å². The number of carbonyl (C=O) groups is 2. The van der Waals surface area contributed by atoms with Gasteiger partial charge in [-0.15, -0.1) is 0 Å². The van der Waals surface area contributed by atoms with E-state index >= 15 is 0 Å². The van der Waals surface area contributed by atoms with Gasteiger partial charge in [0, 0.05) is 12.8 Å². The van der Waals surface area contributed by atoms with Crippen molar-refractivity contribution in [3.05, 3.63) is 0 Å². The van der Waals surface area contributed by atoms with E-state index in [-0.39, 0.29) is 12.8 Å². The molecule has 0 aromatic carbocycles. The number of aliphatic hydroxyl groups is 1. The summed E-state index contributed by atoms with van der Waals surface area (Å²) in [4.78, 5) is 43.9. The minimum absolute atomic E-state index is 0.0261. The van der Waals surface area contributed by atoms with Gasteiger partial charge in [-0.25, -0.2) is 0 Å². The molecule has 0 radical (unpaired) electrons. The normalized spacial score (nSPS) is 13.2. The largest absolute Gasteiger partial charge is 0.455 e. The van der Waals surface area contributed by atoms with Crippen LogP contribution in [0.5, 0.6) is 0 Å². The van der Waals surface area contributed by atoms with E-state index in [9.17, 15) is 29.0 Å². The van der Waals surface area contributed by atoms with E-state index in [2.05, 4.69) is 13.8 Å². The molecule has 0 aromatic rings. The molecule has 0 saturated carbocycles. The zero-order chi connectivity index (χ0) is 29.9. The van der Waals surface area contributed by atoms with Crippen LogP contribution in [0, 0.1) is 0 Å². The molecule has 8 nitrogen and oxygen atoms in total. The number of ether oxygens (including phenoxy) is 2. The Bertz CT molecular complexity index is 651. The molecule has 0 aliphatic heterocycles. The van der Waals surface area contributed by atoms with E-state index < -0.39 is 38.1 Å². The lowest BCUT2D eigenvalue weighted by Gasteiger charge is -2.26. The molecular formula is C31H61O8P. The summed E-state index contributed by atoms with van der Waals surface area (Å²) < 4.78 is 22.1. The SMILES string of the molecule is CCCCCCCCCCCCCC(=O)OC(CO)C(OC(=O)CCCCCCCCCCCCC)P(=O)(O)O. The number of esters is 2. The molecule has 0 saturated heterocycles. The molecule has 0 heterocycles. The third kappa shape index (κ3) is 23.7. The van der Waals surface area contributed by atoms with Crippen molar-refractivity contribution in [1.82, 2.24) is 0 Å². The van der Waals surface area contributed by atoms with Crippen LogP contribution in [-0.2, 0) is 23.6 Å². The lowest BCUT2D eigenvalue weighted by Crippen LogP contribution is -2.37. The van der Waals surface area contributed by atoms with Gasteiger partial charge in [0.15, 0.2) is 6.10 Å². The number of carbonyl (C=O) groups excluding carboxylic acids is 2. The van der Waals surface area contributed by atoms with E-state index in [0.717, 1.165) is 38.5 Å². The van der Waals surface area contributed by atoms with Crippen molar-refractivity contribution >= 4 is 19.5 Å². The van der Waals surface area contributed by atoms with Gasteiger partial charge in [-0.3, -0.25) is 14.2 Å². The Balaban J connectivity index is 4.16. The topological polar surface area (TPSA) is 130 Å². The highest BCUT2D eigenvalue weighted by Gasteiger charge is 2.41. The van der Waals surface area contributed by atoms with E-state index in [1.807, 2.05) is 0 Å². The molecule has 0 bridgehead atoms. The molecule has 0 spiro atoms. The van der Waals surface area contributed by atoms with Crippen molar-refractivity contribution in [1.29, 1.82) is 0 Å². The maximum atomic E-state index is 12.3. The van der Waals surface area contributed by atoms with Gasteiger partial charge in [0.1, 0.15) is 0 Å². The summed E-state index contributed by atoms with van der Waals surface area (Å²) in [6.45, 7) is 3.58. The van der Waals surface area contributed by atoms with Crippen LogP contribution in [0.15, 0.2) is 0 Å². The second-order valence-corrected chi connectivity index (χ2v) is 12.9. The highest BCUT2D eigenvalue weighted by Crippen LogP contribution is 2.44. The van der Waals surface area contributed by atoms with Gasteiger partial charge < -0.3 is 24.4 Å². The lowest BCUT2D eigenvalue weighted by atomic mass is 10.1. The van der Waals surface area contributed by atoms with Crippen LogP contribution in [0.3, 0.4) is 0 Å². The van der Waals surface area contributed by atoms with Crippen LogP contribution >= 0.6 is 7.60 Å². The van der Waals surface area contributed by atoms with Gasteiger partial charge in [0.25, 0.3) is 0 Å². The van der Waals surface area contributed by atoms with Crippen LogP contribution in [0.25, 0.3) is 0 Å². The van der Waals surface area contributed by atoms with Gasteiger partial charge in [0.05, 0.1) is 6.61 Å². The Morgan fingerprint density at radius 2 is 0.850 bits per heavy atom. The summed E-state index contributed by atoms with van der Waals surface area (Å²) in [5.74, 6) is -3.42. The molecule has 0 aromatic heterocycles. The first-order chi connectivity index (χ1) is 19.3. The summed E-state index contributed by atoms with van der Waals surface area (Å²) in [6, 6.07) is 0. The highest BCUT2D eigenvalue weighted by molar-refractivity contribution is 7.52. The van der Waals surface area contributed by atoms with Gasteiger partial charge >= 0.3 is 19.5 Å². The lowest BCUT2D eigenvalue weighted by molar-refractivity contribution is -0.166. The summed E-state index contributed by atoms with van der Waals surface area (Å²) >= 11 is 0. The maximum absolute atomic E-state index is 12.3. The third-order valence-electron chi connectivity index (χ3n) is 7.33. The fourth-order valence-corrected chi connectivity index (χ4v) is 5.68. The van der Waals surface area contributed by atoms with Crippen molar-refractivity contribution in [3.8, 4) is 0 Å². The predicted molar refractivity (Wildman–Crippen MR) is 161 cm³/mol. The zero-order valence-electron chi connectivity index (χ0n) is 25.7. The van der Waals surface area contributed by atoms with Crippen LogP contribution in [0.4, 0.5) is 0 Å². The molecule has 0 aliphatic rings. The average Bonchev–Trinajstić information content (AvgIpc) is 2.91. The summed E-state index contributed by atoms with van der Waals surface area (Å²) in [5.41, 5.74) is 0. The van der Waals surface area contributed by atoms with Crippen LogP contribution in [0.2, 0.25) is 0 Å². The summed E-state index contributed by atoms with van der Waals surface area (Å²) in [6.07, 6.45) is 23.4. The van der Waals surface area contributed by atoms with E-state index in [1.165, 1.54) is 89.9 Å². The molecule has 0 rings (SSSR count). The van der Waals surface area contributed by atoms with Crippen LogP contribution < -0.4 is 0 Å². The number of rotatable bonds is 29. The number of hydrogen-bond donors (Lipinski definition) is 3. The molecule has 238 valence electrons. The van der Waals surface area contributed by atoms with Crippen LogP contribution in [0.1, 0.15) is 168 Å². The smallest absolute Gasteiger partial charge is 0.369 e. The van der Waals surface area contributed by atoms with Crippen molar-refractivity contribution in [2.24, 2.45) is 0 Å². The van der Waals surface area contributed by atoms with Crippen molar-refractivity contribution < 1.29 is 38.5 Å². The second kappa shape index (κ2) is 26.9. The average molecular weight is 593 g/mol. The second-order valence-electron chi connectivity index (χ2n) is 11.3. The van der Waals surface area contributed by atoms with E-state index in [4.69, 9.17) is 9.47 Å².